The lowest BCUT2D eigenvalue weighted by molar-refractivity contribution is -0.137. The Bertz CT molecular complexity index is 1230. The Labute approximate surface area is 194 Å². The first-order valence-electron chi connectivity index (χ1n) is 9.78. The molecule has 0 fully saturated rings. The molecule has 0 aliphatic carbocycles. The quantitative estimate of drug-likeness (QED) is 0.399. The van der Waals surface area contributed by atoms with Gasteiger partial charge in [-0.2, -0.15) is 13.2 Å². The van der Waals surface area contributed by atoms with Crippen molar-refractivity contribution < 1.29 is 26.4 Å². The molecular weight excluding hydrogens is 473 g/mol. The molecule has 174 valence electrons. The maximum Gasteiger partial charge on any atom is 0.416 e. The standard InChI is InChI=1S/C23H21F3N2O3S2/c1-15-6-10-20(11-7-15)32-16(2)22(29)27-18-8-12-21(13-9-18)33(30,31)28-19-5-3-4-17(14-19)23(24,25)26/h3-14,16,28H,1-2H3,(H,27,29)/t16-/m0/s1. The van der Waals surface area contributed by atoms with Crippen LogP contribution >= 0.6 is 11.8 Å². The summed E-state index contributed by atoms with van der Waals surface area (Å²) in [6, 6.07) is 17.1. The van der Waals surface area contributed by atoms with Crippen molar-refractivity contribution >= 4 is 39.1 Å². The normalized spacial score (nSPS) is 12.8. The number of aryl methyl sites for hydroxylation is 1. The molecule has 3 aromatic rings. The molecule has 0 radical (unpaired) electrons. The van der Waals surface area contributed by atoms with E-state index in [-0.39, 0.29) is 16.5 Å². The van der Waals surface area contributed by atoms with Gasteiger partial charge in [0.15, 0.2) is 0 Å². The lowest BCUT2D eigenvalue weighted by Gasteiger charge is -2.13. The third-order valence-electron chi connectivity index (χ3n) is 4.58. The van der Waals surface area contributed by atoms with Crippen LogP contribution in [0, 0.1) is 6.92 Å². The third-order valence-corrected chi connectivity index (χ3v) is 7.09. The summed E-state index contributed by atoms with van der Waals surface area (Å²) in [6.45, 7) is 3.74. The van der Waals surface area contributed by atoms with Crippen LogP contribution in [0.5, 0.6) is 0 Å². The van der Waals surface area contributed by atoms with Crippen LogP contribution < -0.4 is 10.0 Å². The van der Waals surface area contributed by atoms with Crippen molar-refractivity contribution in [1.82, 2.24) is 0 Å². The van der Waals surface area contributed by atoms with Gasteiger partial charge in [-0.25, -0.2) is 8.42 Å². The first-order valence-corrected chi connectivity index (χ1v) is 12.1. The topological polar surface area (TPSA) is 75.3 Å². The molecule has 3 aromatic carbocycles. The number of benzene rings is 3. The number of alkyl halides is 3. The van der Waals surface area contributed by atoms with Gasteiger partial charge in [-0.05, 0) is 68.4 Å². The first kappa shape index (κ1) is 24.7. The van der Waals surface area contributed by atoms with Crippen LogP contribution in [0.2, 0.25) is 0 Å². The molecule has 0 bridgehead atoms. The van der Waals surface area contributed by atoms with Gasteiger partial charge in [-0.1, -0.05) is 23.8 Å². The predicted molar refractivity (Wildman–Crippen MR) is 124 cm³/mol. The summed E-state index contributed by atoms with van der Waals surface area (Å²) in [4.78, 5) is 13.3. The summed E-state index contributed by atoms with van der Waals surface area (Å²) < 4.78 is 65.8. The second kappa shape index (κ2) is 9.88. The number of nitrogens with one attached hydrogen (secondary N) is 2. The SMILES string of the molecule is Cc1ccc(S[C@@H](C)C(=O)Nc2ccc(S(=O)(=O)Nc3cccc(C(F)(F)F)c3)cc2)cc1. The Balaban J connectivity index is 1.65. The number of hydrogen-bond acceptors (Lipinski definition) is 4. The number of thioether (sulfide) groups is 1. The van der Waals surface area contributed by atoms with E-state index in [1.807, 2.05) is 31.2 Å². The fraction of sp³-hybridized carbons (Fsp3) is 0.174. The Kier molecular flexibility index (Phi) is 7.38. The van der Waals surface area contributed by atoms with Crippen LogP contribution in [0.3, 0.4) is 0 Å². The monoisotopic (exact) mass is 494 g/mol. The average molecular weight is 495 g/mol. The Morgan fingerprint density at radius 1 is 0.939 bits per heavy atom. The van der Waals surface area contributed by atoms with Gasteiger partial charge in [0.2, 0.25) is 5.91 Å². The van der Waals surface area contributed by atoms with E-state index in [0.29, 0.717) is 5.69 Å². The molecule has 5 nitrogen and oxygen atoms in total. The molecule has 0 unspecified atom stereocenters. The van der Waals surface area contributed by atoms with Gasteiger partial charge in [-0.15, -0.1) is 11.8 Å². The van der Waals surface area contributed by atoms with E-state index in [9.17, 15) is 26.4 Å². The van der Waals surface area contributed by atoms with Gasteiger partial charge >= 0.3 is 6.18 Å². The van der Waals surface area contributed by atoms with Gasteiger partial charge in [0.05, 0.1) is 15.7 Å². The van der Waals surface area contributed by atoms with Crippen molar-refractivity contribution in [3.8, 4) is 0 Å². The fourth-order valence-electron chi connectivity index (χ4n) is 2.81. The Morgan fingerprint density at radius 3 is 2.18 bits per heavy atom. The smallest absolute Gasteiger partial charge is 0.325 e. The lowest BCUT2D eigenvalue weighted by Crippen LogP contribution is -2.22. The van der Waals surface area contributed by atoms with E-state index in [1.54, 1.807) is 6.92 Å². The largest absolute Gasteiger partial charge is 0.416 e. The van der Waals surface area contributed by atoms with Crippen molar-refractivity contribution in [1.29, 1.82) is 0 Å². The van der Waals surface area contributed by atoms with E-state index in [1.165, 1.54) is 42.1 Å². The number of rotatable bonds is 7. The summed E-state index contributed by atoms with van der Waals surface area (Å²) in [5.41, 5.74) is 0.353. The number of sulfonamides is 1. The predicted octanol–water partition coefficient (Wildman–Crippen LogP) is 5.93. The molecule has 0 spiro atoms. The highest BCUT2D eigenvalue weighted by atomic mass is 32.2. The van der Waals surface area contributed by atoms with Crippen LogP contribution in [-0.2, 0) is 21.0 Å². The molecule has 1 atom stereocenters. The highest BCUT2D eigenvalue weighted by Gasteiger charge is 2.30. The summed E-state index contributed by atoms with van der Waals surface area (Å²) in [6.07, 6.45) is -4.59. The van der Waals surface area contributed by atoms with Crippen LogP contribution in [-0.4, -0.2) is 19.6 Å². The van der Waals surface area contributed by atoms with E-state index in [2.05, 4.69) is 10.0 Å². The van der Waals surface area contributed by atoms with Gasteiger partial charge in [0.1, 0.15) is 0 Å². The number of hydrogen-bond donors (Lipinski definition) is 2. The molecule has 0 aliphatic rings. The average Bonchev–Trinajstić information content (AvgIpc) is 2.75. The minimum Gasteiger partial charge on any atom is -0.325 e. The molecule has 1 amide bonds. The van der Waals surface area contributed by atoms with Crippen molar-refractivity contribution in [2.24, 2.45) is 0 Å². The Hall–Kier alpha value is -2.98. The van der Waals surface area contributed by atoms with Gasteiger partial charge < -0.3 is 5.32 Å². The van der Waals surface area contributed by atoms with Crippen LogP contribution in [0.25, 0.3) is 0 Å². The molecule has 0 saturated heterocycles. The van der Waals surface area contributed by atoms with Crippen LogP contribution in [0.15, 0.2) is 82.6 Å². The molecule has 0 aliphatic heterocycles. The molecule has 0 saturated carbocycles. The molecule has 10 heteroatoms. The highest BCUT2D eigenvalue weighted by Crippen LogP contribution is 2.31. The van der Waals surface area contributed by atoms with Gasteiger partial charge in [0.25, 0.3) is 10.0 Å². The van der Waals surface area contributed by atoms with E-state index in [0.717, 1.165) is 28.7 Å². The second-order valence-electron chi connectivity index (χ2n) is 7.27. The summed E-state index contributed by atoms with van der Waals surface area (Å²) in [5.74, 6) is -0.252. The maximum absolute atomic E-state index is 12.9. The second-order valence-corrected chi connectivity index (χ2v) is 10.4. The molecule has 0 aromatic heterocycles. The molecule has 2 N–H and O–H groups in total. The zero-order valence-electron chi connectivity index (χ0n) is 17.7. The van der Waals surface area contributed by atoms with Gasteiger partial charge in [-0.3, -0.25) is 9.52 Å². The minimum atomic E-state index is -4.59. The van der Waals surface area contributed by atoms with Crippen molar-refractivity contribution in [2.45, 2.75) is 35.1 Å². The zero-order chi connectivity index (χ0) is 24.2. The highest BCUT2D eigenvalue weighted by molar-refractivity contribution is 8.00. The van der Waals surface area contributed by atoms with Gasteiger partial charge in [0, 0.05) is 16.3 Å². The summed E-state index contributed by atoms with van der Waals surface area (Å²) >= 11 is 1.39. The van der Waals surface area contributed by atoms with Crippen molar-refractivity contribution in [2.75, 3.05) is 10.0 Å². The fourth-order valence-corrected chi connectivity index (χ4v) is 4.73. The molecular formula is C23H21F3N2O3S2. The van der Waals surface area contributed by atoms with Crippen LogP contribution in [0.4, 0.5) is 24.5 Å². The van der Waals surface area contributed by atoms with E-state index < -0.39 is 27.0 Å². The van der Waals surface area contributed by atoms with Crippen molar-refractivity contribution in [3.63, 3.8) is 0 Å². The number of amides is 1. The van der Waals surface area contributed by atoms with E-state index >= 15 is 0 Å². The number of carbonyl (C=O) groups excluding carboxylic acids is 1. The Morgan fingerprint density at radius 2 is 1.58 bits per heavy atom. The van der Waals surface area contributed by atoms with Crippen molar-refractivity contribution in [3.05, 3.63) is 83.9 Å². The summed E-state index contributed by atoms with van der Waals surface area (Å²) in [5, 5.41) is 2.34. The molecule has 0 heterocycles. The number of carbonyl (C=O) groups is 1. The first-order chi connectivity index (χ1) is 15.4. The number of anilines is 2. The zero-order valence-corrected chi connectivity index (χ0v) is 19.3. The molecule has 33 heavy (non-hydrogen) atoms. The lowest BCUT2D eigenvalue weighted by atomic mass is 10.2. The molecule has 3 rings (SSSR count). The maximum atomic E-state index is 12.9. The number of halogens is 3. The van der Waals surface area contributed by atoms with Crippen LogP contribution in [0.1, 0.15) is 18.1 Å². The summed E-state index contributed by atoms with van der Waals surface area (Å²) in [7, 11) is -4.12. The third kappa shape index (κ3) is 6.75. The van der Waals surface area contributed by atoms with E-state index in [4.69, 9.17) is 0 Å². The minimum absolute atomic E-state index is 0.153.